The van der Waals surface area contributed by atoms with E-state index in [2.05, 4.69) is 10.3 Å². The third-order valence-electron chi connectivity index (χ3n) is 3.51. The van der Waals surface area contributed by atoms with Gasteiger partial charge in [-0.05, 0) is 35.9 Å². The molecule has 0 aliphatic rings. The standard InChI is InChI=1S/C18H12ClF3N2OS/c19-14-6-4-12(5-7-14)16(25)24-17-23-10-15(26-17)9-11-2-1-3-13(8-11)18(20,21)22/h1-8,10H,9H2,(H,23,24,25). The molecule has 3 nitrogen and oxygen atoms in total. The van der Waals surface area contributed by atoms with Gasteiger partial charge in [-0.25, -0.2) is 4.98 Å². The molecule has 0 aliphatic carbocycles. The third-order valence-corrected chi connectivity index (χ3v) is 4.68. The van der Waals surface area contributed by atoms with Gasteiger partial charge in [0.25, 0.3) is 5.91 Å². The van der Waals surface area contributed by atoms with Gasteiger partial charge in [-0.15, -0.1) is 11.3 Å². The van der Waals surface area contributed by atoms with E-state index in [9.17, 15) is 18.0 Å². The summed E-state index contributed by atoms with van der Waals surface area (Å²) in [6.07, 6.45) is -2.53. The molecule has 0 bridgehead atoms. The van der Waals surface area contributed by atoms with E-state index in [1.165, 1.54) is 17.4 Å². The second-order valence-corrected chi connectivity index (χ2v) is 7.02. The molecule has 26 heavy (non-hydrogen) atoms. The van der Waals surface area contributed by atoms with Crippen LogP contribution in [0.5, 0.6) is 0 Å². The number of aromatic nitrogens is 1. The lowest BCUT2D eigenvalue weighted by Crippen LogP contribution is -2.11. The van der Waals surface area contributed by atoms with Gasteiger partial charge in [0, 0.05) is 28.1 Å². The Labute approximate surface area is 156 Å². The normalized spacial score (nSPS) is 11.4. The number of anilines is 1. The number of amides is 1. The summed E-state index contributed by atoms with van der Waals surface area (Å²) in [5.41, 5.74) is 0.277. The summed E-state index contributed by atoms with van der Waals surface area (Å²) >= 11 is 7.00. The Morgan fingerprint density at radius 3 is 2.58 bits per heavy atom. The van der Waals surface area contributed by atoms with Gasteiger partial charge in [0.15, 0.2) is 5.13 Å². The van der Waals surface area contributed by atoms with E-state index < -0.39 is 11.7 Å². The van der Waals surface area contributed by atoms with E-state index in [0.29, 0.717) is 27.7 Å². The van der Waals surface area contributed by atoms with Gasteiger partial charge >= 0.3 is 6.18 Å². The second-order valence-electron chi connectivity index (χ2n) is 5.47. The van der Waals surface area contributed by atoms with Gasteiger partial charge in [0.05, 0.1) is 5.56 Å². The molecular weight excluding hydrogens is 385 g/mol. The predicted octanol–water partition coefficient (Wildman–Crippen LogP) is 5.66. The number of hydrogen-bond donors (Lipinski definition) is 1. The maximum atomic E-state index is 12.8. The summed E-state index contributed by atoms with van der Waals surface area (Å²) in [6, 6.07) is 11.6. The van der Waals surface area contributed by atoms with Crippen LogP contribution in [0.15, 0.2) is 54.7 Å². The lowest BCUT2D eigenvalue weighted by molar-refractivity contribution is -0.137. The van der Waals surface area contributed by atoms with Crippen molar-refractivity contribution < 1.29 is 18.0 Å². The van der Waals surface area contributed by atoms with Crippen molar-refractivity contribution in [3.63, 3.8) is 0 Å². The molecule has 3 rings (SSSR count). The number of halogens is 4. The molecular formula is C18H12ClF3N2OS. The smallest absolute Gasteiger partial charge is 0.298 e. The van der Waals surface area contributed by atoms with Crippen LogP contribution in [0, 0.1) is 0 Å². The quantitative estimate of drug-likeness (QED) is 0.618. The average Bonchev–Trinajstić information content (AvgIpc) is 3.02. The van der Waals surface area contributed by atoms with E-state index >= 15 is 0 Å². The van der Waals surface area contributed by atoms with E-state index in [1.54, 1.807) is 36.5 Å². The fourth-order valence-corrected chi connectivity index (χ4v) is 3.24. The molecule has 1 aromatic heterocycles. The first-order valence-electron chi connectivity index (χ1n) is 7.49. The number of nitrogens with zero attached hydrogens (tertiary/aromatic N) is 1. The number of benzene rings is 2. The highest BCUT2D eigenvalue weighted by molar-refractivity contribution is 7.15. The minimum atomic E-state index is -4.37. The van der Waals surface area contributed by atoms with Crippen LogP contribution in [-0.2, 0) is 12.6 Å². The van der Waals surface area contributed by atoms with E-state index in [0.717, 1.165) is 17.0 Å². The van der Waals surface area contributed by atoms with Gasteiger partial charge in [0.2, 0.25) is 0 Å². The van der Waals surface area contributed by atoms with Crippen molar-refractivity contribution in [1.29, 1.82) is 0 Å². The van der Waals surface area contributed by atoms with E-state index in [-0.39, 0.29) is 5.91 Å². The Hall–Kier alpha value is -2.38. The largest absolute Gasteiger partial charge is 0.416 e. The van der Waals surface area contributed by atoms with E-state index in [1.807, 2.05) is 0 Å². The Balaban J connectivity index is 1.68. The first-order valence-corrected chi connectivity index (χ1v) is 8.68. The molecule has 0 aliphatic heterocycles. The van der Waals surface area contributed by atoms with Crippen LogP contribution in [0.3, 0.4) is 0 Å². The van der Waals surface area contributed by atoms with Crippen molar-refractivity contribution in [1.82, 2.24) is 4.98 Å². The van der Waals surface area contributed by atoms with Crippen molar-refractivity contribution in [3.05, 3.63) is 81.3 Å². The summed E-state index contributed by atoms with van der Waals surface area (Å²) in [6.45, 7) is 0. The Kier molecular flexibility index (Phi) is 5.29. The van der Waals surface area contributed by atoms with Crippen LogP contribution >= 0.6 is 22.9 Å². The highest BCUT2D eigenvalue weighted by Crippen LogP contribution is 2.30. The number of carbonyl (C=O) groups is 1. The van der Waals surface area contributed by atoms with Gasteiger partial charge in [0.1, 0.15) is 0 Å². The van der Waals surface area contributed by atoms with Crippen LogP contribution in [0.25, 0.3) is 0 Å². The van der Waals surface area contributed by atoms with Gasteiger partial charge < -0.3 is 0 Å². The zero-order valence-corrected chi connectivity index (χ0v) is 14.8. The summed E-state index contributed by atoms with van der Waals surface area (Å²) in [7, 11) is 0. The number of carbonyl (C=O) groups excluding carboxylic acids is 1. The topological polar surface area (TPSA) is 42.0 Å². The van der Waals surface area contributed by atoms with Gasteiger partial charge in [-0.3, -0.25) is 10.1 Å². The van der Waals surface area contributed by atoms with Crippen LogP contribution in [-0.4, -0.2) is 10.9 Å². The molecule has 1 amide bonds. The molecule has 8 heteroatoms. The third kappa shape index (κ3) is 4.62. The van der Waals surface area contributed by atoms with Crippen molar-refractivity contribution in [2.45, 2.75) is 12.6 Å². The molecule has 0 atom stereocenters. The van der Waals surface area contributed by atoms with Crippen LogP contribution in [0.2, 0.25) is 5.02 Å². The zero-order valence-electron chi connectivity index (χ0n) is 13.2. The molecule has 0 saturated carbocycles. The number of alkyl halides is 3. The first kappa shape index (κ1) is 18.4. The summed E-state index contributed by atoms with van der Waals surface area (Å²) in [5, 5.41) is 3.57. The van der Waals surface area contributed by atoms with Crippen molar-refractivity contribution in [2.75, 3.05) is 5.32 Å². The average molecular weight is 397 g/mol. The van der Waals surface area contributed by atoms with Gasteiger partial charge in [-0.2, -0.15) is 13.2 Å². The molecule has 1 heterocycles. The fraction of sp³-hybridized carbons (Fsp3) is 0.111. The molecule has 134 valence electrons. The summed E-state index contributed by atoms with van der Waals surface area (Å²) < 4.78 is 38.3. The molecule has 0 fully saturated rings. The van der Waals surface area contributed by atoms with Crippen LogP contribution < -0.4 is 5.32 Å². The second kappa shape index (κ2) is 7.47. The number of thiazole rings is 1. The van der Waals surface area contributed by atoms with Crippen molar-refractivity contribution in [2.24, 2.45) is 0 Å². The SMILES string of the molecule is O=C(Nc1ncc(Cc2cccc(C(F)(F)F)c2)s1)c1ccc(Cl)cc1. The fourth-order valence-electron chi connectivity index (χ4n) is 2.28. The molecule has 3 aromatic rings. The molecule has 0 radical (unpaired) electrons. The van der Waals surface area contributed by atoms with Crippen LogP contribution in [0.4, 0.5) is 18.3 Å². The summed E-state index contributed by atoms with van der Waals surface area (Å²) in [4.78, 5) is 17.0. The lowest BCUT2D eigenvalue weighted by Gasteiger charge is -2.07. The lowest BCUT2D eigenvalue weighted by atomic mass is 10.1. The minimum absolute atomic E-state index is 0.304. The zero-order chi connectivity index (χ0) is 18.7. The Morgan fingerprint density at radius 1 is 1.15 bits per heavy atom. The number of hydrogen-bond acceptors (Lipinski definition) is 3. The molecule has 0 unspecified atom stereocenters. The van der Waals surface area contributed by atoms with Crippen molar-refractivity contribution >= 4 is 34.0 Å². The number of nitrogens with one attached hydrogen (secondary N) is 1. The number of rotatable bonds is 4. The highest BCUT2D eigenvalue weighted by atomic mass is 35.5. The Morgan fingerprint density at radius 2 is 1.88 bits per heavy atom. The predicted molar refractivity (Wildman–Crippen MR) is 95.8 cm³/mol. The minimum Gasteiger partial charge on any atom is -0.298 e. The first-order chi connectivity index (χ1) is 12.3. The monoisotopic (exact) mass is 396 g/mol. The van der Waals surface area contributed by atoms with Crippen molar-refractivity contribution in [3.8, 4) is 0 Å². The van der Waals surface area contributed by atoms with Gasteiger partial charge in [-0.1, -0.05) is 29.8 Å². The highest BCUT2D eigenvalue weighted by Gasteiger charge is 2.30. The molecule has 0 spiro atoms. The maximum absolute atomic E-state index is 12.8. The Bertz CT molecular complexity index is 923. The molecule has 1 N–H and O–H groups in total. The molecule has 0 saturated heterocycles. The van der Waals surface area contributed by atoms with E-state index in [4.69, 9.17) is 11.6 Å². The summed E-state index contributed by atoms with van der Waals surface area (Å²) in [5.74, 6) is -0.332. The maximum Gasteiger partial charge on any atom is 0.416 e. The molecule has 2 aromatic carbocycles. The van der Waals surface area contributed by atoms with Crippen LogP contribution in [0.1, 0.15) is 26.4 Å².